The number of ketones is 2. The van der Waals surface area contributed by atoms with E-state index in [1.165, 1.54) is 18.2 Å². The van der Waals surface area contributed by atoms with Gasteiger partial charge in [0.25, 0.3) is 0 Å². The van der Waals surface area contributed by atoms with Crippen molar-refractivity contribution < 1.29 is 23.5 Å². The number of aromatic nitrogens is 1. The standard InChI is InChI=1S/C25H22FNO4/c1-2-31-25(30)24(29)15-23(28)13-12-22-14-20(19-6-4-3-5-7-19)17-27(22)16-18-8-10-21(26)11-9-18/h3-14,17H,2,15-16H2,1H3/b13-12+. The quantitative estimate of drug-likeness (QED) is 0.223. The van der Waals surface area contributed by atoms with Gasteiger partial charge >= 0.3 is 5.97 Å². The third kappa shape index (κ3) is 6.09. The summed E-state index contributed by atoms with van der Waals surface area (Å²) in [7, 11) is 0. The Hall–Kier alpha value is -3.80. The van der Waals surface area contributed by atoms with E-state index in [0.29, 0.717) is 6.54 Å². The molecule has 3 rings (SSSR count). The minimum Gasteiger partial charge on any atom is -0.460 e. The van der Waals surface area contributed by atoms with Crippen LogP contribution >= 0.6 is 0 Å². The predicted molar refractivity (Wildman–Crippen MR) is 116 cm³/mol. The number of allylic oxidation sites excluding steroid dienone is 1. The highest BCUT2D eigenvalue weighted by Crippen LogP contribution is 2.24. The van der Waals surface area contributed by atoms with Gasteiger partial charge in [-0.25, -0.2) is 9.18 Å². The molecular formula is C25H22FNO4. The lowest BCUT2D eigenvalue weighted by atomic mass is 10.1. The van der Waals surface area contributed by atoms with Crippen molar-refractivity contribution in [2.75, 3.05) is 6.61 Å². The summed E-state index contributed by atoms with van der Waals surface area (Å²) >= 11 is 0. The van der Waals surface area contributed by atoms with Gasteiger partial charge in [-0.15, -0.1) is 0 Å². The number of hydrogen-bond acceptors (Lipinski definition) is 4. The number of carbonyl (C=O) groups excluding carboxylic acids is 3. The molecule has 0 spiro atoms. The lowest BCUT2D eigenvalue weighted by Crippen LogP contribution is -2.19. The summed E-state index contributed by atoms with van der Waals surface area (Å²) in [6, 6.07) is 17.9. The molecule has 0 aliphatic carbocycles. The maximum absolute atomic E-state index is 13.2. The van der Waals surface area contributed by atoms with Gasteiger partial charge in [0.15, 0.2) is 5.78 Å². The van der Waals surface area contributed by atoms with E-state index in [2.05, 4.69) is 4.74 Å². The minimum atomic E-state index is -1.00. The summed E-state index contributed by atoms with van der Waals surface area (Å²) in [4.78, 5) is 35.3. The molecule has 0 saturated heterocycles. The van der Waals surface area contributed by atoms with Crippen molar-refractivity contribution in [3.8, 4) is 11.1 Å². The van der Waals surface area contributed by atoms with Crippen LogP contribution in [0.1, 0.15) is 24.6 Å². The number of ether oxygens (including phenoxy) is 1. The summed E-state index contributed by atoms with van der Waals surface area (Å²) in [5.41, 5.74) is 3.60. The molecule has 1 aromatic heterocycles. The van der Waals surface area contributed by atoms with Gasteiger partial charge in [-0.3, -0.25) is 9.59 Å². The summed E-state index contributed by atoms with van der Waals surface area (Å²) in [5.74, 6) is -2.68. The topological polar surface area (TPSA) is 65.4 Å². The molecule has 0 amide bonds. The molecule has 0 bridgehead atoms. The van der Waals surface area contributed by atoms with E-state index in [4.69, 9.17) is 0 Å². The highest BCUT2D eigenvalue weighted by atomic mass is 19.1. The maximum atomic E-state index is 13.2. The predicted octanol–water partition coefficient (Wildman–Crippen LogP) is 4.45. The van der Waals surface area contributed by atoms with E-state index in [0.717, 1.165) is 22.4 Å². The van der Waals surface area contributed by atoms with Crippen LogP contribution in [0.15, 0.2) is 72.9 Å². The second-order valence-corrected chi connectivity index (χ2v) is 6.89. The third-order valence-corrected chi connectivity index (χ3v) is 4.58. The Morgan fingerprint density at radius 1 is 1.00 bits per heavy atom. The zero-order chi connectivity index (χ0) is 22.2. The summed E-state index contributed by atoms with van der Waals surface area (Å²) < 4.78 is 19.8. The summed E-state index contributed by atoms with van der Waals surface area (Å²) in [6.07, 6.45) is 4.30. The average Bonchev–Trinajstić information content (AvgIpc) is 3.17. The van der Waals surface area contributed by atoms with Gasteiger partial charge in [-0.1, -0.05) is 42.5 Å². The number of carbonyl (C=O) groups is 3. The number of benzene rings is 2. The fraction of sp³-hybridized carbons (Fsp3) is 0.160. The van der Waals surface area contributed by atoms with E-state index < -0.39 is 24.0 Å². The van der Waals surface area contributed by atoms with Gasteiger partial charge in [0.2, 0.25) is 5.78 Å². The van der Waals surface area contributed by atoms with Crippen molar-refractivity contribution in [2.45, 2.75) is 19.9 Å². The first kappa shape index (κ1) is 21.9. The van der Waals surface area contributed by atoms with Gasteiger partial charge in [0.1, 0.15) is 5.82 Å². The molecule has 6 heteroatoms. The number of Topliss-reactive ketones (excluding diaryl/α,β-unsaturated/α-hetero) is 1. The number of halogens is 1. The zero-order valence-corrected chi connectivity index (χ0v) is 17.1. The first-order valence-electron chi connectivity index (χ1n) is 9.87. The second-order valence-electron chi connectivity index (χ2n) is 6.89. The van der Waals surface area contributed by atoms with Crippen LogP contribution in [0.5, 0.6) is 0 Å². The molecule has 2 aromatic carbocycles. The van der Waals surface area contributed by atoms with Crippen molar-refractivity contribution in [1.82, 2.24) is 4.57 Å². The molecule has 3 aromatic rings. The van der Waals surface area contributed by atoms with Crippen molar-refractivity contribution in [3.05, 3.63) is 90.0 Å². The van der Waals surface area contributed by atoms with Crippen LogP contribution in [0.3, 0.4) is 0 Å². The third-order valence-electron chi connectivity index (χ3n) is 4.58. The Morgan fingerprint density at radius 3 is 2.39 bits per heavy atom. The van der Waals surface area contributed by atoms with Crippen molar-refractivity contribution in [2.24, 2.45) is 0 Å². The van der Waals surface area contributed by atoms with Crippen molar-refractivity contribution >= 4 is 23.6 Å². The van der Waals surface area contributed by atoms with Crippen molar-refractivity contribution in [1.29, 1.82) is 0 Å². The first-order valence-corrected chi connectivity index (χ1v) is 9.87. The van der Waals surface area contributed by atoms with Gasteiger partial charge in [0, 0.05) is 18.4 Å². The maximum Gasteiger partial charge on any atom is 0.375 e. The Bertz CT molecular complexity index is 1100. The van der Waals surface area contributed by atoms with Gasteiger partial charge in [-0.05, 0) is 54.0 Å². The van der Waals surface area contributed by atoms with Gasteiger partial charge in [-0.2, -0.15) is 0 Å². The smallest absolute Gasteiger partial charge is 0.375 e. The number of rotatable bonds is 9. The average molecular weight is 419 g/mol. The van der Waals surface area contributed by atoms with E-state index in [9.17, 15) is 18.8 Å². The number of nitrogens with zero attached hydrogens (tertiary/aromatic N) is 1. The molecule has 0 aliphatic rings. The molecule has 158 valence electrons. The monoisotopic (exact) mass is 419 g/mol. The fourth-order valence-corrected chi connectivity index (χ4v) is 3.06. The number of hydrogen-bond donors (Lipinski definition) is 0. The van der Waals surface area contributed by atoms with Crippen LogP contribution < -0.4 is 0 Å². The molecule has 31 heavy (non-hydrogen) atoms. The lowest BCUT2D eigenvalue weighted by Gasteiger charge is -2.07. The Balaban J connectivity index is 1.83. The van der Waals surface area contributed by atoms with Crippen LogP contribution in [0, 0.1) is 5.82 Å². The minimum absolute atomic E-state index is 0.0771. The SMILES string of the molecule is CCOC(=O)C(=O)CC(=O)/C=C/c1cc(-c2ccccc2)cn1Cc1ccc(F)cc1. The molecule has 0 aliphatic heterocycles. The molecule has 0 N–H and O–H groups in total. The Morgan fingerprint density at radius 2 is 1.71 bits per heavy atom. The summed E-state index contributed by atoms with van der Waals surface area (Å²) in [6.45, 7) is 2.14. The second kappa shape index (κ2) is 10.3. The largest absolute Gasteiger partial charge is 0.460 e. The first-order chi connectivity index (χ1) is 15.0. The van der Waals surface area contributed by atoms with E-state index in [1.54, 1.807) is 25.1 Å². The fourth-order valence-electron chi connectivity index (χ4n) is 3.06. The van der Waals surface area contributed by atoms with E-state index in [-0.39, 0.29) is 12.4 Å². The van der Waals surface area contributed by atoms with Crippen LogP contribution in [0.25, 0.3) is 17.2 Å². The Kier molecular flexibility index (Phi) is 7.27. The summed E-state index contributed by atoms with van der Waals surface area (Å²) in [5, 5.41) is 0. The van der Waals surface area contributed by atoms with Crippen LogP contribution in [0.4, 0.5) is 4.39 Å². The molecule has 1 heterocycles. The molecule has 0 atom stereocenters. The van der Waals surface area contributed by atoms with Crippen molar-refractivity contribution in [3.63, 3.8) is 0 Å². The highest BCUT2D eigenvalue weighted by molar-refractivity contribution is 6.37. The normalized spacial score (nSPS) is 10.9. The molecule has 0 fully saturated rings. The highest BCUT2D eigenvalue weighted by Gasteiger charge is 2.17. The molecule has 0 radical (unpaired) electrons. The molecular weight excluding hydrogens is 397 g/mol. The Labute approximate surface area is 179 Å². The number of esters is 1. The van der Waals surface area contributed by atoms with Crippen LogP contribution in [-0.2, 0) is 25.7 Å². The molecule has 5 nitrogen and oxygen atoms in total. The zero-order valence-electron chi connectivity index (χ0n) is 17.1. The van der Waals surface area contributed by atoms with E-state index in [1.807, 2.05) is 47.2 Å². The van der Waals surface area contributed by atoms with Crippen LogP contribution in [-0.4, -0.2) is 28.7 Å². The van der Waals surface area contributed by atoms with Gasteiger partial charge < -0.3 is 9.30 Å². The van der Waals surface area contributed by atoms with Gasteiger partial charge in [0.05, 0.1) is 13.0 Å². The van der Waals surface area contributed by atoms with E-state index >= 15 is 0 Å². The van der Waals surface area contributed by atoms with Crippen LogP contribution in [0.2, 0.25) is 0 Å². The lowest BCUT2D eigenvalue weighted by molar-refractivity contribution is -0.154. The molecule has 0 saturated carbocycles. The molecule has 0 unspecified atom stereocenters.